The molecule has 5 rings (SSSR count). The van der Waals surface area contributed by atoms with Gasteiger partial charge in [-0.1, -0.05) is 97.1 Å². The maximum atomic E-state index is 13.3. The number of para-hydroxylation sites is 1. The van der Waals surface area contributed by atoms with Crippen LogP contribution < -0.4 is 4.90 Å². The Kier molecular flexibility index (Phi) is 5.83. The van der Waals surface area contributed by atoms with Crippen molar-refractivity contribution in [3.8, 4) is 22.3 Å². The van der Waals surface area contributed by atoms with Crippen LogP contribution in [-0.4, -0.2) is 30.3 Å². The Morgan fingerprint density at radius 2 is 1.24 bits per heavy atom. The van der Waals surface area contributed by atoms with E-state index in [-0.39, 0.29) is 12.5 Å². The molecule has 1 N–H and O–H groups in total. The number of carbonyl (C=O) groups excluding carboxylic acids is 1. The Balaban J connectivity index is 1.44. The van der Waals surface area contributed by atoms with E-state index in [4.69, 9.17) is 4.74 Å². The molecule has 1 aliphatic carbocycles. The highest BCUT2D eigenvalue weighted by atomic mass is 16.6. The maximum Gasteiger partial charge on any atom is 0.414 e. The first-order valence-corrected chi connectivity index (χ1v) is 11.1. The van der Waals surface area contributed by atoms with Gasteiger partial charge in [-0.15, -0.1) is 0 Å². The molecule has 0 radical (unpaired) electrons. The molecule has 4 aromatic carbocycles. The predicted molar refractivity (Wildman–Crippen MR) is 132 cm³/mol. The van der Waals surface area contributed by atoms with Crippen molar-refractivity contribution in [2.75, 3.05) is 18.1 Å². The molecule has 0 spiro atoms. The smallest absolute Gasteiger partial charge is 0.414 e. The molecule has 1 aliphatic rings. The maximum absolute atomic E-state index is 13.3. The van der Waals surface area contributed by atoms with Crippen molar-refractivity contribution in [3.05, 3.63) is 114 Å². The number of ether oxygens (including phenoxy) is 1. The zero-order chi connectivity index (χ0) is 23.5. The van der Waals surface area contributed by atoms with E-state index in [9.17, 15) is 14.7 Å². The number of fused-ring (bicyclic) bond motifs is 3. The number of carbonyl (C=O) groups is 2. The molecule has 34 heavy (non-hydrogen) atoms. The molecule has 0 fully saturated rings. The number of nitrogens with zero attached hydrogens (tertiary/aromatic N) is 1. The fourth-order valence-electron chi connectivity index (χ4n) is 4.63. The van der Waals surface area contributed by atoms with E-state index in [1.807, 2.05) is 78.9 Å². The van der Waals surface area contributed by atoms with Crippen molar-refractivity contribution in [2.24, 2.45) is 0 Å². The van der Waals surface area contributed by atoms with Gasteiger partial charge < -0.3 is 9.84 Å². The standard InChI is InChI=1S/C29H23NO4/c31-28(32)18-30(27-17-9-8-12-21(27)20-10-2-1-3-11-20)29(33)34-19-26-24-15-6-4-13-22(24)23-14-5-7-16-25(23)26/h1-17,26H,18-19H2,(H,31,32). The van der Waals surface area contributed by atoms with Gasteiger partial charge in [0.25, 0.3) is 0 Å². The van der Waals surface area contributed by atoms with Gasteiger partial charge >= 0.3 is 12.1 Å². The Labute approximate surface area is 197 Å². The van der Waals surface area contributed by atoms with Crippen LogP contribution in [0.15, 0.2) is 103 Å². The molecule has 0 heterocycles. The molecular formula is C29H23NO4. The highest BCUT2D eigenvalue weighted by Gasteiger charge is 2.30. The van der Waals surface area contributed by atoms with Gasteiger partial charge in [-0.2, -0.15) is 0 Å². The summed E-state index contributed by atoms with van der Waals surface area (Å²) in [5.41, 5.74) is 6.62. The third kappa shape index (κ3) is 4.04. The second-order valence-corrected chi connectivity index (χ2v) is 8.17. The minimum Gasteiger partial charge on any atom is -0.480 e. The molecule has 4 aromatic rings. The molecule has 5 nitrogen and oxygen atoms in total. The minimum atomic E-state index is -1.11. The molecule has 0 saturated heterocycles. The van der Waals surface area contributed by atoms with Crippen molar-refractivity contribution in [2.45, 2.75) is 5.92 Å². The highest BCUT2D eigenvalue weighted by Crippen LogP contribution is 2.44. The van der Waals surface area contributed by atoms with E-state index in [1.54, 1.807) is 12.1 Å². The molecule has 0 atom stereocenters. The van der Waals surface area contributed by atoms with Crippen LogP contribution in [0.25, 0.3) is 22.3 Å². The fourth-order valence-corrected chi connectivity index (χ4v) is 4.63. The van der Waals surface area contributed by atoms with Gasteiger partial charge in [0.05, 0.1) is 5.69 Å². The number of rotatable bonds is 6. The Hall–Kier alpha value is -4.38. The summed E-state index contributed by atoms with van der Waals surface area (Å²) >= 11 is 0. The minimum absolute atomic E-state index is 0.104. The lowest BCUT2D eigenvalue weighted by atomic mass is 9.98. The van der Waals surface area contributed by atoms with Crippen molar-refractivity contribution in [1.29, 1.82) is 0 Å². The van der Waals surface area contributed by atoms with Crippen molar-refractivity contribution in [1.82, 2.24) is 0 Å². The lowest BCUT2D eigenvalue weighted by Crippen LogP contribution is -2.37. The molecule has 5 heteroatoms. The monoisotopic (exact) mass is 449 g/mol. The number of amides is 1. The van der Waals surface area contributed by atoms with Gasteiger partial charge in [0.2, 0.25) is 0 Å². The first-order valence-electron chi connectivity index (χ1n) is 11.1. The Morgan fingerprint density at radius 1 is 0.706 bits per heavy atom. The zero-order valence-corrected chi connectivity index (χ0v) is 18.4. The second-order valence-electron chi connectivity index (χ2n) is 8.17. The molecule has 0 aliphatic heterocycles. The predicted octanol–water partition coefficient (Wildman–Crippen LogP) is 6.19. The Bertz CT molecular complexity index is 1300. The van der Waals surface area contributed by atoms with Crippen LogP contribution in [-0.2, 0) is 9.53 Å². The average molecular weight is 450 g/mol. The van der Waals surface area contributed by atoms with Crippen LogP contribution in [0, 0.1) is 0 Å². The number of anilines is 1. The van der Waals surface area contributed by atoms with Gasteiger partial charge in [0.15, 0.2) is 0 Å². The SMILES string of the molecule is O=C(O)CN(C(=O)OCC1c2ccccc2-c2ccccc21)c1ccccc1-c1ccccc1. The topological polar surface area (TPSA) is 66.8 Å². The fraction of sp³-hybridized carbons (Fsp3) is 0.103. The molecule has 1 amide bonds. The number of hydrogen-bond acceptors (Lipinski definition) is 3. The summed E-state index contributed by atoms with van der Waals surface area (Å²) < 4.78 is 5.77. The van der Waals surface area contributed by atoms with E-state index in [2.05, 4.69) is 12.1 Å². The number of hydrogen-bond donors (Lipinski definition) is 1. The van der Waals surface area contributed by atoms with Gasteiger partial charge in [-0.05, 0) is 33.9 Å². The van der Waals surface area contributed by atoms with E-state index in [0.717, 1.165) is 33.4 Å². The highest BCUT2D eigenvalue weighted by molar-refractivity contribution is 5.97. The third-order valence-electron chi connectivity index (χ3n) is 6.13. The van der Waals surface area contributed by atoms with Crippen molar-refractivity contribution >= 4 is 17.7 Å². The van der Waals surface area contributed by atoms with Crippen LogP contribution in [0.1, 0.15) is 17.0 Å². The van der Waals surface area contributed by atoms with Crippen LogP contribution in [0.2, 0.25) is 0 Å². The third-order valence-corrected chi connectivity index (χ3v) is 6.13. The summed E-state index contributed by atoms with van der Waals surface area (Å²) in [6.07, 6.45) is -0.687. The van der Waals surface area contributed by atoms with Gasteiger partial charge in [0.1, 0.15) is 13.2 Å². The quantitative estimate of drug-likeness (QED) is 0.381. The van der Waals surface area contributed by atoms with Crippen LogP contribution in [0.3, 0.4) is 0 Å². The Morgan fingerprint density at radius 3 is 1.85 bits per heavy atom. The molecule has 0 saturated carbocycles. The van der Waals surface area contributed by atoms with Crippen molar-refractivity contribution < 1.29 is 19.4 Å². The molecule has 0 unspecified atom stereocenters. The second kappa shape index (κ2) is 9.24. The summed E-state index contributed by atoms with van der Waals surface area (Å²) in [6.45, 7) is -0.378. The van der Waals surface area contributed by atoms with E-state index < -0.39 is 18.6 Å². The lowest BCUT2D eigenvalue weighted by molar-refractivity contribution is -0.135. The first-order chi connectivity index (χ1) is 16.6. The summed E-state index contributed by atoms with van der Waals surface area (Å²) in [4.78, 5) is 26.1. The number of aliphatic carboxylic acids is 1. The summed E-state index contributed by atoms with van der Waals surface area (Å²) in [6, 6.07) is 33.0. The zero-order valence-electron chi connectivity index (χ0n) is 18.4. The van der Waals surface area contributed by atoms with Gasteiger partial charge in [-0.25, -0.2) is 4.79 Å². The average Bonchev–Trinajstić information content (AvgIpc) is 3.20. The van der Waals surface area contributed by atoms with Gasteiger partial charge in [0, 0.05) is 11.5 Å². The normalized spacial score (nSPS) is 12.0. The molecule has 168 valence electrons. The van der Waals surface area contributed by atoms with Crippen LogP contribution in [0.4, 0.5) is 10.5 Å². The molecule has 0 aromatic heterocycles. The summed E-state index contributed by atoms with van der Waals surface area (Å²) in [5.74, 6) is -1.22. The number of carboxylic acid groups (broad SMARTS) is 1. The summed E-state index contributed by atoms with van der Waals surface area (Å²) in [7, 11) is 0. The van der Waals surface area contributed by atoms with E-state index >= 15 is 0 Å². The number of carboxylic acids is 1. The lowest BCUT2D eigenvalue weighted by Gasteiger charge is -2.24. The largest absolute Gasteiger partial charge is 0.480 e. The van der Waals surface area contributed by atoms with Crippen LogP contribution >= 0.6 is 0 Å². The molecular weight excluding hydrogens is 426 g/mol. The van der Waals surface area contributed by atoms with E-state index in [1.165, 1.54) is 4.90 Å². The summed E-state index contributed by atoms with van der Waals surface area (Å²) in [5, 5.41) is 9.55. The van der Waals surface area contributed by atoms with Crippen molar-refractivity contribution in [3.63, 3.8) is 0 Å². The van der Waals surface area contributed by atoms with Gasteiger partial charge in [-0.3, -0.25) is 9.69 Å². The number of benzene rings is 4. The van der Waals surface area contributed by atoms with Crippen LogP contribution in [0.5, 0.6) is 0 Å². The van der Waals surface area contributed by atoms with E-state index in [0.29, 0.717) is 5.69 Å². The first kappa shape index (κ1) is 21.5. The molecule has 0 bridgehead atoms.